The van der Waals surface area contributed by atoms with Gasteiger partial charge in [0.15, 0.2) is 0 Å². The number of thiazole rings is 1. The zero-order chi connectivity index (χ0) is 16.3. The minimum atomic E-state index is -0.389. The molecule has 0 aromatic carbocycles. The van der Waals surface area contributed by atoms with E-state index >= 15 is 0 Å². The van der Waals surface area contributed by atoms with Crippen LogP contribution in [-0.2, 0) is 11.2 Å². The van der Waals surface area contributed by atoms with E-state index in [0.717, 1.165) is 10.4 Å². The van der Waals surface area contributed by atoms with Crippen molar-refractivity contribution in [3.8, 4) is 0 Å². The zero-order valence-corrected chi connectivity index (χ0v) is 14.6. The van der Waals surface area contributed by atoms with Gasteiger partial charge in [-0.05, 0) is 32.8 Å². The number of amides is 1. The van der Waals surface area contributed by atoms with E-state index in [1.165, 1.54) is 22.7 Å². The summed E-state index contributed by atoms with van der Waals surface area (Å²) in [4.78, 5) is 30.2. The molecule has 1 N–H and O–H groups in total. The molecule has 0 radical (unpaired) electrons. The fourth-order valence-electron chi connectivity index (χ4n) is 2.19. The van der Waals surface area contributed by atoms with E-state index in [1.54, 1.807) is 19.4 Å². The molecule has 0 spiro atoms. The first-order valence-electron chi connectivity index (χ1n) is 7.00. The lowest BCUT2D eigenvalue weighted by Crippen LogP contribution is -2.15. The van der Waals surface area contributed by atoms with Crippen molar-refractivity contribution in [1.82, 2.24) is 4.98 Å². The number of hydrogen-bond acceptors (Lipinski definition) is 6. The van der Waals surface area contributed by atoms with Gasteiger partial charge < -0.3 is 10.1 Å². The monoisotopic (exact) mass is 338 g/mol. The summed E-state index contributed by atoms with van der Waals surface area (Å²) in [5.41, 5.74) is 3.72. The molecule has 0 aliphatic heterocycles. The van der Waals surface area contributed by atoms with Crippen LogP contribution in [-0.4, -0.2) is 23.5 Å². The lowest BCUT2D eigenvalue weighted by atomic mass is 10.1. The van der Waals surface area contributed by atoms with Gasteiger partial charge in [0.1, 0.15) is 9.88 Å². The van der Waals surface area contributed by atoms with E-state index in [-0.39, 0.29) is 11.9 Å². The number of carbonyl (C=O) groups is 2. The molecule has 2 aromatic rings. The Morgan fingerprint density at radius 1 is 1.32 bits per heavy atom. The maximum absolute atomic E-state index is 12.4. The quantitative estimate of drug-likeness (QED) is 0.842. The summed E-state index contributed by atoms with van der Waals surface area (Å²) in [6.07, 6.45) is 0.714. The van der Waals surface area contributed by atoms with Crippen LogP contribution in [0.25, 0.3) is 0 Å². The molecule has 2 aromatic heterocycles. The van der Waals surface area contributed by atoms with Crippen LogP contribution < -0.4 is 5.32 Å². The second-order valence-corrected chi connectivity index (χ2v) is 6.72. The van der Waals surface area contributed by atoms with Crippen LogP contribution in [0.4, 0.5) is 5.00 Å². The van der Waals surface area contributed by atoms with Gasteiger partial charge in [-0.2, -0.15) is 0 Å². The van der Waals surface area contributed by atoms with Gasteiger partial charge in [-0.15, -0.1) is 22.7 Å². The lowest BCUT2D eigenvalue weighted by molar-refractivity contribution is 0.0527. The highest BCUT2D eigenvalue weighted by Gasteiger charge is 2.24. The first-order chi connectivity index (χ1) is 10.5. The van der Waals surface area contributed by atoms with Crippen LogP contribution in [0.5, 0.6) is 0 Å². The first-order valence-corrected chi connectivity index (χ1v) is 8.69. The minimum absolute atomic E-state index is 0.241. The number of hydrogen-bond donors (Lipinski definition) is 1. The summed E-state index contributed by atoms with van der Waals surface area (Å²) in [6, 6.07) is 0. The highest BCUT2D eigenvalue weighted by atomic mass is 32.1. The van der Waals surface area contributed by atoms with E-state index in [2.05, 4.69) is 10.3 Å². The molecule has 22 heavy (non-hydrogen) atoms. The van der Waals surface area contributed by atoms with E-state index < -0.39 is 0 Å². The number of carbonyl (C=O) groups excluding carboxylic acids is 2. The summed E-state index contributed by atoms with van der Waals surface area (Å²) in [6.45, 7) is 7.78. The van der Waals surface area contributed by atoms with Crippen molar-refractivity contribution in [3.05, 3.63) is 32.1 Å². The molecule has 0 bridgehead atoms. The van der Waals surface area contributed by atoms with E-state index in [4.69, 9.17) is 4.74 Å². The van der Waals surface area contributed by atoms with Crippen LogP contribution in [0.15, 0.2) is 5.51 Å². The fraction of sp³-hybridized carbons (Fsp3) is 0.400. The van der Waals surface area contributed by atoms with Gasteiger partial charge in [-0.25, -0.2) is 9.78 Å². The number of esters is 1. The zero-order valence-electron chi connectivity index (χ0n) is 13.0. The van der Waals surface area contributed by atoms with Gasteiger partial charge in [-0.3, -0.25) is 4.79 Å². The topological polar surface area (TPSA) is 68.3 Å². The van der Waals surface area contributed by atoms with E-state index in [9.17, 15) is 9.59 Å². The van der Waals surface area contributed by atoms with E-state index in [1.807, 2.05) is 13.8 Å². The number of aryl methyl sites for hydroxylation is 2. The molecule has 0 atom stereocenters. The maximum Gasteiger partial charge on any atom is 0.341 e. The minimum Gasteiger partial charge on any atom is -0.462 e. The molecular formula is C15H18N2O3S2. The molecule has 5 nitrogen and oxygen atoms in total. The van der Waals surface area contributed by atoms with Crippen LogP contribution in [0.3, 0.4) is 0 Å². The molecule has 1 amide bonds. The second kappa shape index (κ2) is 7.02. The Hall–Kier alpha value is -1.73. The Labute approximate surface area is 137 Å². The van der Waals surface area contributed by atoms with Crippen LogP contribution in [0.1, 0.15) is 50.0 Å². The number of nitrogens with one attached hydrogen (secondary N) is 1. The van der Waals surface area contributed by atoms with Gasteiger partial charge >= 0.3 is 5.97 Å². The average Bonchev–Trinajstić information content (AvgIpc) is 3.02. The molecular weight excluding hydrogens is 320 g/mol. The molecule has 0 fully saturated rings. The summed E-state index contributed by atoms with van der Waals surface area (Å²) < 4.78 is 5.13. The van der Waals surface area contributed by atoms with Crippen LogP contribution in [0.2, 0.25) is 0 Å². The highest BCUT2D eigenvalue weighted by molar-refractivity contribution is 7.17. The van der Waals surface area contributed by atoms with Crippen molar-refractivity contribution >= 4 is 39.6 Å². The number of rotatable bonds is 5. The van der Waals surface area contributed by atoms with Gasteiger partial charge in [0.05, 0.1) is 23.4 Å². The number of ether oxygens (including phenoxy) is 1. The normalized spacial score (nSPS) is 10.5. The Morgan fingerprint density at radius 2 is 2.05 bits per heavy atom. The number of aromatic nitrogens is 1. The van der Waals surface area contributed by atoms with Crippen LogP contribution in [0, 0.1) is 13.8 Å². The SMILES string of the molecule is CCOC(=O)c1c(NC(=O)c2scnc2C)sc(C)c1CC. The summed E-state index contributed by atoms with van der Waals surface area (Å²) in [7, 11) is 0. The molecule has 0 aliphatic rings. The first kappa shape index (κ1) is 16.6. The predicted molar refractivity (Wildman–Crippen MR) is 89.2 cm³/mol. The van der Waals surface area contributed by atoms with E-state index in [0.29, 0.717) is 34.2 Å². The third kappa shape index (κ3) is 3.20. The Morgan fingerprint density at radius 3 is 2.59 bits per heavy atom. The molecule has 0 unspecified atom stereocenters. The predicted octanol–water partition coefficient (Wildman–Crippen LogP) is 3.81. The van der Waals surface area contributed by atoms with Crippen molar-refractivity contribution in [3.63, 3.8) is 0 Å². The fourth-order valence-corrected chi connectivity index (χ4v) is 4.02. The molecule has 2 heterocycles. The molecule has 0 aliphatic carbocycles. The van der Waals surface area contributed by atoms with Gasteiger partial charge in [0.2, 0.25) is 0 Å². The number of anilines is 1. The maximum atomic E-state index is 12.4. The third-order valence-electron chi connectivity index (χ3n) is 3.22. The van der Waals surface area contributed by atoms with Crippen molar-refractivity contribution in [1.29, 1.82) is 0 Å². The Kier molecular flexibility index (Phi) is 5.31. The molecule has 118 valence electrons. The van der Waals surface area contributed by atoms with Crippen molar-refractivity contribution in [2.24, 2.45) is 0 Å². The number of nitrogens with zero attached hydrogens (tertiary/aromatic N) is 1. The molecule has 0 saturated heterocycles. The molecule has 0 saturated carbocycles. The smallest absolute Gasteiger partial charge is 0.341 e. The average molecular weight is 338 g/mol. The van der Waals surface area contributed by atoms with Gasteiger partial charge in [-0.1, -0.05) is 6.92 Å². The Bertz CT molecular complexity index is 704. The lowest BCUT2D eigenvalue weighted by Gasteiger charge is -2.07. The number of thiophene rings is 1. The summed E-state index contributed by atoms with van der Waals surface area (Å²) in [5, 5.41) is 3.38. The van der Waals surface area contributed by atoms with Crippen molar-refractivity contribution < 1.29 is 14.3 Å². The second-order valence-electron chi connectivity index (χ2n) is 4.64. The van der Waals surface area contributed by atoms with Gasteiger partial charge in [0, 0.05) is 4.88 Å². The third-order valence-corrected chi connectivity index (χ3v) is 5.21. The summed E-state index contributed by atoms with van der Waals surface area (Å²) >= 11 is 2.69. The van der Waals surface area contributed by atoms with Crippen molar-refractivity contribution in [2.45, 2.75) is 34.1 Å². The molecule has 7 heteroatoms. The largest absolute Gasteiger partial charge is 0.462 e. The van der Waals surface area contributed by atoms with Crippen molar-refractivity contribution in [2.75, 3.05) is 11.9 Å². The van der Waals surface area contributed by atoms with Crippen LogP contribution >= 0.6 is 22.7 Å². The summed E-state index contributed by atoms with van der Waals surface area (Å²) in [5.74, 6) is -0.630. The van der Waals surface area contributed by atoms with Gasteiger partial charge in [0.25, 0.3) is 5.91 Å². The molecule has 2 rings (SSSR count). The standard InChI is InChI=1S/C15H18N2O3S2/c1-5-10-9(4)22-14(11(10)15(19)20-6-2)17-13(18)12-8(3)16-7-21-12/h7H,5-6H2,1-4H3,(H,17,18). The highest BCUT2D eigenvalue weighted by Crippen LogP contribution is 2.34. The Balaban J connectivity index is 2.36.